The summed E-state index contributed by atoms with van der Waals surface area (Å²) in [4.78, 5) is 24.9. The van der Waals surface area contributed by atoms with E-state index in [0.29, 0.717) is 18.7 Å². The zero-order chi connectivity index (χ0) is 17.3. The van der Waals surface area contributed by atoms with Crippen LogP contribution in [0, 0.1) is 5.82 Å². The monoisotopic (exact) mass is 350 g/mol. The van der Waals surface area contributed by atoms with Crippen molar-refractivity contribution in [3.05, 3.63) is 56.7 Å². The Balaban J connectivity index is 2.06. The number of rotatable bonds is 3. The van der Waals surface area contributed by atoms with E-state index in [1.807, 2.05) is 0 Å². The predicted octanol–water partition coefficient (Wildman–Crippen LogP) is 3.24. The molecule has 0 atom stereocenters. The second-order valence-corrected chi connectivity index (χ2v) is 5.97. The first-order valence-corrected chi connectivity index (χ1v) is 7.96. The molecule has 0 bridgehead atoms. The Morgan fingerprint density at radius 2 is 2.12 bits per heavy atom. The van der Waals surface area contributed by atoms with E-state index in [0.717, 1.165) is 18.9 Å². The number of ether oxygens (including phenoxy) is 1. The van der Waals surface area contributed by atoms with Gasteiger partial charge in [-0.05, 0) is 37.5 Å². The molecule has 2 aromatic rings. The number of amides is 1. The maximum Gasteiger partial charge on any atom is 0.261 e. The zero-order valence-corrected chi connectivity index (χ0v) is 13.8. The quantitative estimate of drug-likeness (QED) is 0.924. The normalized spacial score (nSPS) is 13.3. The van der Waals surface area contributed by atoms with Crippen molar-refractivity contribution in [3.63, 3.8) is 0 Å². The van der Waals surface area contributed by atoms with Gasteiger partial charge in [0.2, 0.25) is 0 Å². The van der Waals surface area contributed by atoms with Crippen LogP contribution in [0.5, 0.6) is 5.75 Å². The molecular weight excluding hydrogens is 335 g/mol. The highest BCUT2D eigenvalue weighted by molar-refractivity contribution is 6.34. The molecule has 7 heteroatoms. The number of anilines is 1. The van der Waals surface area contributed by atoms with Crippen molar-refractivity contribution in [3.8, 4) is 5.75 Å². The van der Waals surface area contributed by atoms with E-state index in [2.05, 4.69) is 5.32 Å². The van der Waals surface area contributed by atoms with Crippen LogP contribution in [0.2, 0.25) is 5.02 Å². The minimum atomic E-state index is -0.507. The van der Waals surface area contributed by atoms with Crippen LogP contribution in [0.1, 0.15) is 28.9 Å². The van der Waals surface area contributed by atoms with Gasteiger partial charge >= 0.3 is 0 Å². The number of carbonyl (C=O) groups is 1. The highest BCUT2D eigenvalue weighted by Gasteiger charge is 2.24. The summed E-state index contributed by atoms with van der Waals surface area (Å²) in [6.07, 6.45) is 2.37. The van der Waals surface area contributed by atoms with E-state index in [4.69, 9.17) is 16.3 Å². The maximum atomic E-state index is 13.4. The standard InChI is InChI=1S/C17H16ClFN2O3/c1-24-14-9-15(22)21-7-3-2-4-13(21)16(14)17(23)20-12-8-10(19)5-6-11(12)18/h5-6,8-9H,2-4,7H2,1H3,(H,20,23). The van der Waals surface area contributed by atoms with Crippen molar-refractivity contribution in [1.29, 1.82) is 0 Å². The number of aromatic nitrogens is 1. The number of hydrogen-bond donors (Lipinski definition) is 1. The number of nitrogens with zero attached hydrogens (tertiary/aromatic N) is 1. The van der Waals surface area contributed by atoms with Crippen LogP contribution in [-0.4, -0.2) is 17.6 Å². The molecule has 1 aliphatic heterocycles. The van der Waals surface area contributed by atoms with E-state index >= 15 is 0 Å². The number of benzene rings is 1. The highest BCUT2D eigenvalue weighted by atomic mass is 35.5. The molecular formula is C17H16ClFN2O3. The smallest absolute Gasteiger partial charge is 0.261 e. The third-order valence-corrected chi connectivity index (χ3v) is 4.38. The maximum absolute atomic E-state index is 13.4. The van der Waals surface area contributed by atoms with Gasteiger partial charge in [0.15, 0.2) is 0 Å². The van der Waals surface area contributed by atoms with Crippen LogP contribution in [0.25, 0.3) is 0 Å². The summed E-state index contributed by atoms with van der Waals surface area (Å²) in [5.74, 6) is -0.781. The van der Waals surface area contributed by atoms with Gasteiger partial charge in [0.1, 0.15) is 17.1 Å². The molecule has 2 heterocycles. The molecule has 1 aromatic carbocycles. The van der Waals surface area contributed by atoms with Gasteiger partial charge in [-0.3, -0.25) is 9.59 Å². The fraction of sp³-hybridized carbons (Fsp3) is 0.294. The summed E-state index contributed by atoms with van der Waals surface area (Å²) in [6, 6.07) is 5.03. The summed E-state index contributed by atoms with van der Waals surface area (Å²) in [5.41, 5.74) is 0.902. The van der Waals surface area contributed by atoms with Gasteiger partial charge in [-0.25, -0.2) is 4.39 Å². The second kappa shape index (κ2) is 6.65. The number of nitrogens with one attached hydrogen (secondary N) is 1. The van der Waals surface area contributed by atoms with Crippen LogP contribution in [-0.2, 0) is 13.0 Å². The average Bonchev–Trinajstić information content (AvgIpc) is 2.58. The molecule has 1 aliphatic rings. The Kier molecular flexibility index (Phi) is 4.57. The summed E-state index contributed by atoms with van der Waals surface area (Å²) in [7, 11) is 1.40. The first-order valence-electron chi connectivity index (χ1n) is 7.58. The lowest BCUT2D eigenvalue weighted by molar-refractivity contribution is 0.102. The molecule has 0 aliphatic carbocycles. The fourth-order valence-corrected chi connectivity index (χ4v) is 3.09. The molecule has 3 rings (SSSR count). The highest BCUT2D eigenvalue weighted by Crippen LogP contribution is 2.28. The minimum absolute atomic E-state index is 0.171. The summed E-state index contributed by atoms with van der Waals surface area (Å²) in [5, 5.41) is 2.83. The van der Waals surface area contributed by atoms with Crippen molar-refractivity contribution in [1.82, 2.24) is 4.57 Å². The molecule has 5 nitrogen and oxygen atoms in total. The molecule has 126 valence electrons. The molecule has 1 amide bonds. The van der Waals surface area contributed by atoms with Gasteiger partial charge in [0.05, 0.1) is 17.8 Å². The number of methoxy groups -OCH3 is 1. The van der Waals surface area contributed by atoms with Crippen molar-refractivity contribution in [2.75, 3.05) is 12.4 Å². The predicted molar refractivity (Wildman–Crippen MR) is 89.6 cm³/mol. The van der Waals surface area contributed by atoms with Gasteiger partial charge in [-0.1, -0.05) is 11.6 Å². The summed E-state index contributed by atoms with van der Waals surface area (Å²) >= 11 is 6.00. The number of carbonyl (C=O) groups excluding carboxylic acids is 1. The lowest BCUT2D eigenvalue weighted by Crippen LogP contribution is -2.30. The van der Waals surface area contributed by atoms with Crippen molar-refractivity contribution in [2.45, 2.75) is 25.8 Å². The van der Waals surface area contributed by atoms with Crippen LogP contribution in [0.4, 0.5) is 10.1 Å². The van der Waals surface area contributed by atoms with Gasteiger partial charge < -0.3 is 14.6 Å². The Morgan fingerprint density at radius 3 is 2.88 bits per heavy atom. The topological polar surface area (TPSA) is 60.3 Å². The molecule has 0 saturated heterocycles. The zero-order valence-electron chi connectivity index (χ0n) is 13.1. The Morgan fingerprint density at radius 1 is 1.33 bits per heavy atom. The third kappa shape index (κ3) is 3.01. The largest absolute Gasteiger partial charge is 0.496 e. The van der Waals surface area contributed by atoms with Crippen molar-refractivity contribution < 1.29 is 13.9 Å². The molecule has 24 heavy (non-hydrogen) atoms. The lowest BCUT2D eigenvalue weighted by atomic mass is 10.0. The molecule has 0 unspecified atom stereocenters. The van der Waals surface area contributed by atoms with Crippen molar-refractivity contribution in [2.24, 2.45) is 0 Å². The van der Waals surface area contributed by atoms with Gasteiger partial charge in [0.25, 0.3) is 11.5 Å². The number of fused-ring (bicyclic) bond motifs is 1. The second-order valence-electron chi connectivity index (χ2n) is 5.56. The van der Waals surface area contributed by atoms with Crippen LogP contribution < -0.4 is 15.6 Å². The fourth-order valence-electron chi connectivity index (χ4n) is 2.92. The number of hydrogen-bond acceptors (Lipinski definition) is 3. The third-order valence-electron chi connectivity index (χ3n) is 4.05. The van der Waals surface area contributed by atoms with E-state index in [9.17, 15) is 14.0 Å². The Hall–Kier alpha value is -2.34. The van der Waals surface area contributed by atoms with Gasteiger partial charge in [0, 0.05) is 18.3 Å². The van der Waals surface area contributed by atoms with Crippen LogP contribution in [0.15, 0.2) is 29.1 Å². The minimum Gasteiger partial charge on any atom is -0.496 e. The summed E-state index contributed by atoms with van der Waals surface area (Å²) < 4.78 is 20.2. The SMILES string of the molecule is COc1cc(=O)n2c(c1C(=O)Nc1cc(F)ccc1Cl)CCCC2. The van der Waals surface area contributed by atoms with Crippen molar-refractivity contribution >= 4 is 23.2 Å². The van der Waals surface area contributed by atoms with E-state index < -0.39 is 11.7 Å². The number of pyridine rings is 1. The molecule has 0 spiro atoms. The molecule has 0 fully saturated rings. The number of halogens is 2. The van der Waals surface area contributed by atoms with E-state index in [1.165, 1.54) is 25.3 Å². The van der Waals surface area contributed by atoms with E-state index in [-0.39, 0.29) is 27.6 Å². The van der Waals surface area contributed by atoms with E-state index in [1.54, 1.807) is 4.57 Å². The molecule has 0 saturated carbocycles. The van der Waals surface area contributed by atoms with Crippen LogP contribution in [0.3, 0.4) is 0 Å². The van der Waals surface area contributed by atoms with Gasteiger partial charge in [-0.2, -0.15) is 0 Å². The first-order chi connectivity index (χ1) is 11.5. The Labute approximate surface area is 143 Å². The summed E-state index contributed by atoms with van der Waals surface area (Å²) in [6.45, 7) is 0.569. The molecule has 0 radical (unpaired) electrons. The molecule has 1 N–H and O–H groups in total. The Bertz CT molecular complexity index is 864. The molecule has 1 aromatic heterocycles. The average molecular weight is 351 g/mol. The first kappa shape index (κ1) is 16.5. The van der Waals surface area contributed by atoms with Gasteiger partial charge in [-0.15, -0.1) is 0 Å². The lowest BCUT2D eigenvalue weighted by Gasteiger charge is -2.22. The van der Waals surface area contributed by atoms with Crippen LogP contribution >= 0.6 is 11.6 Å².